The van der Waals surface area contributed by atoms with Crippen molar-refractivity contribution < 1.29 is 14.3 Å². The van der Waals surface area contributed by atoms with Crippen molar-refractivity contribution in [3.63, 3.8) is 0 Å². The van der Waals surface area contributed by atoms with Crippen LogP contribution in [-0.2, 0) is 14.3 Å². The van der Waals surface area contributed by atoms with Crippen LogP contribution in [0, 0.1) is 5.92 Å². The van der Waals surface area contributed by atoms with Crippen LogP contribution < -0.4 is 10.6 Å². The number of guanidine groups is 1. The first-order valence-electron chi connectivity index (χ1n) is 10.6. The third-order valence-electron chi connectivity index (χ3n) is 5.24. The van der Waals surface area contributed by atoms with E-state index in [9.17, 15) is 4.79 Å². The molecule has 0 aromatic carbocycles. The molecule has 0 bridgehead atoms. The fraction of sp³-hybridized carbons (Fsp3) is 0.900. The average molecular weight is 510 g/mol. The molecule has 0 radical (unpaired) electrons. The van der Waals surface area contributed by atoms with Crippen LogP contribution in [0.2, 0.25) is 0 Å². The molecule has 1 atom stereocenters. The van der Waals surface area contributed by atoms with Crippen LogP contribution in [0.5, 0.6) is 0 Å². The van der Waals surface area contributed by atoms with E-state index in [0.29, 0.717) is 19.1 Å². The first kappa shape index (κ1) is 25.4. The number of carbonyl (C=O) groups excluding carboxylic acids is 1. The molecule has 0 aromatic rings. The van der Waals surface area contributed by atoms with Crippen molar-refractivity contribution in [3.8, 4) is 0 Å². The monoisotopic (exact) mass is 510 g/mol. The minimum Gasteiger partial charge on any atom is -0.379 e. The summed E-state index contributed by atoms with van der Waals surface area (Å²) in [6.45, 7) is 4.14. The number of nitrogens with zero attached hydrogens (tertiary/aromatic N) is 2. The predicted octanol–water partition coefficient (Wildman–Crippen LogP) is 2.39. The second kappa shape index (κ2) is 15.3. The molecule has 0 aromatic heterocycles. The number of halogens is 1. The number of likely N-dealkylation sites (N-methyl/N-ethyl adjacent to an activating group) is 1. The van der Waals surface area contributed by atoms with Gasteiger partial charge in [0.15, 0.2) is 5.96 Å². The predicted molar refractivity (Wildman–Crippen MR) is 123 cm³/mol. The van der Waals surface area contributed by atoms with Crippen LogP contribution in [0.3, 0.4) is 0 Å². The molecule has 2 N–H and O–H groups in total. The van der Waals surface area contributed by atoms with Gasteiger partial charge in [-0.1, -0.05) is 19.3 Å². The van der Waals surface area contributed by atoms with Gasteiger partial charge in [0.1, 0.15) is 6.54 Å². The van der Waals surface area contributed by atoms with Crippen LogP contribution in [-0.4, -0.2) is 76.4 Å². The fourth-order valence-electron chi connectivity index (χ4n) is 3.47. The molecule has 1 aliphatic heterocycles. The molecule has 7 nitrogen and oxygen atoms in total. The number of rotatable bonds is 10. The van der Waals surface area contributed by atoms with Gasteiger partial charge in [-0.3, -0.25) is 4.79 Å². The number of hydrogen-bond donors (Lipinski definition) is 2. The van der Waals surface area contributed by atoms with Gasteiger partial charge in [-0.15, -0.1) is 24.0 Å². The molecule has 0 spiro atoms. The van der Waals surface area contributed by atoms with Crippen LogP contribution in [0.25, 0.3) is 0 Å². The highest BCUT2D eigenvalue weighted by Crippen LogP contribution is 2.22. The molecule has 1 unspecified atom stereocenters. The summed E-state index contributed by atoms with van der Waals surface area (Å²) < 4.78 is 11.3. The molecule has 8 heteroatoms. The van der Waals surface area contributed by atoms with Crippen molar-refractivity contribution in [1.29, 1.82) is 0 Å². The molecule has 2 fully saturated rings. The van der Waals surface area contributed by atoms with E-state index in [1.807, 2.05) is 0 Å². The second-order valence-electron chi connectivity index (χ2n) is 7.83. The Morgan fingerprint density at radius 1 is 1.14 bits per heavy atom. The molecular formula is C20H39IN4O3. The summed E-state index contributed by atoms with van der Waals surface area (Å²) in [6.07, 6.45) is 10.0. The average Bonchev–Trinajstić information content (AvgIpc) is 3.20. The Balaban J connectivity index is 0.00000392. The zero-order chi connectivity index (χ0) is 19.3. The number of nitrogens with one attached hydrogen (secondary N) is 2. The standard InChI is InChI=1S/C20H38N4O3.HI/c1-24(2)19(25)15-23-20(22-14-17-8-4-3-5-9-17)21-11-7-12-26-16-18-10-6-13-27-18;/h17-18H,3-16H2,1-2H3,(H2,21,22,23);1H. The zero-order valence-corrected chi connectivity index (χ0v) is 19.9. The van der Waals surface area contributed by atoms with Crippen molar-refractivity contribution in [2.75, 3.05) is 53.6 Å². The Hall–Kier alpha value is -0.610. The van der Waals surface area contributed by atoms with Gasteiger partial charge in [0.05, 0.1) is 12.7 Å². The zero-order valence-electron chi connectivity index (χ0n) is 17.6. The Bertz CT molecular complexity index is 451. The van der Waals surface area contributed by atoms with Crippen LogP contribution in [0.15, 0.2) is 4.99 Å². The molecule has 164 valence electrons. The first-order chi connectivity index (χ1) is 13.1. The molecule has 1 saturated heterocycles. The lowest BCUT2D eigenvalue weighted by Crippen LogP contribution is -2.41. The number of ether oxygens (including phenoxy) is 2. The first-order valence-corrected chi connectivity index (χ1v) is 10.6. The van der Waals surface area contributed by atoms with Gasteiger partial charge in [-0.05, 0) is 38.0 Å². The van der Waals surface area contributed by atoms with E-state index in [4.69, 9.17) is 9.47 Å². The minimum atomic E-state index is 0. The highest BCUT2D eigenvalue weighted by molar-refractivity contribution is 14.0. The van der Waals surface area contributed by atoms with E-state index < -0.39 is 0 Å². The lowest BCUT2D eigenvalue weighted by Gasteiger charge is -2.23. The molecule has 1 heterocycles. The van der Waals surface area contributed by atoms with E-state index in [0.717, 1.165) is 44.9 Å². The minimum absolute atomic E-state index is 0. The number of aliphatic imine (C=N–C) groups is 1. The van der Waals surface area contributed by atoms with Gasteiger partial charge < -0.3 is 25.0 Å². The van der Waals surface area contributed by atoms with Crippen molar-refractivity contribution in [3.05, 3.63) is 0 Å². The van der Waals surface area contributed by atoms with E-state index in [1.54, 1.807) is 19.0 Å². The smallest absolute Gasteiger partial charge is 0.243 e. The van der Waals surface area contributed by atoms with Crippen LogP contribution in [0.4, 0.5) is 0 Å². The summed E-state index contributed by atoms with van der Waals surface area (Å²) in [6, 6.07) is 0. The summed E-state index contributed by atoms with van der Waals surface area (Å²) in [5, 5.41) is 6.77. The van der Waals surface area contributed by atoms with Gasteiger partial charge in [0.2, 0.25) is 5.91 Å². The number of amides is 1. The maximum absolute atomic E-state index is 11.8. The van der Waals surface area contributed by atoms with E-state index in [2.05, 4.69) is 15.6 Å². The summed E-state index contributed by atoms with van der Waals surface area (Å²) >= 11 is 0. The Morgan fingerprint density at radius 2 is 1.93 bits per heavy atom. The summed E-state index contributed by atoms with van der Waals surface area (Å²) in [5.74, 6) is 1.45. The van der Waals surface area contributed by atoms with Crippen molar-refractivity contribution in [2.24, 2.45) is 10.9 Å². The second-order valence-corrected chi connectivity index (χ2v) is 7.83. The van der Waals surface area contributed by atoms with Gasteiger partial charge in [-0.2, -0.15) is 0 Å². The maximum atomic E-state index is 11.8. The SMILES string of the molecule is CN(C)C(=O)CN=C(NCCCOCC1CCCO1)NCC1CCCCC1.I. The van der Waals surface area contributed by atoms with Crippen molar-refractivity contribution >= 4 is 35.8 Å². The maximum Gasteiger partial charge on any atom is 0.243 e. The van der Waals surface area contributed by atoms with Gasteiger partial charge in [0.25, 0.3) is 0 Å². The lowest BCUT2D eigenvalue weighted by atomic mass is 9.89. The Morgan fingerprint density at radius 3 is 2.61 bits per heavy atom. The Kier molecular flexibility index (Phi) is 13.9. The highest BCUT2D eigenvalue weighted by atomic mass is 127. The molecule has 28 heavy (non-hydrogen) atoms. The van der Waals surface area contributed by atoms with Crippen LogP contribution >= 0.6 is 24.0 Å². The van der Waals surface area contributed by atoms with E-state index in [-0.39, 0.29) is 42.5 Å². The van der Waals surface area contributed by atoms with Gasteiger partial charge in [0, 0.05) is 40.4 Å². The molecule has 2 rings (SSSR count). The molecule has 1 aliphatic carbocycles. The summed E-state index contributed by atoms with van der Waals surface area (Å²) in [4.78, 5) is 17.8. The quantitative estimate of drug-likeness (QED) is 0.204. The molecule has 2 aliphatic rings. The number of hydrogen-bond acceptors (Lipinski definition) is 4. The topological polar surface area (TPSA) is 75.2 Å². The Labute approximate surface area is 187 Å². The summed E-state index contributed by atoms with van der Waals surface area (Å²) in [5.41, 5.74) is 0. The van der Waals surface area contributed by atoms with Gasteiger partial charge >= 0.3 is 0 Å². The lowest BCUT2D eigenvalue weighted by molar-refractivity contribution is -0.127. The normalized spacial score (nSPS) is 20.5. The van der Waals surface area contributed by atoms with E-state index in [1.165, 1.54) is 32.1 Å². The third-order valence-corrected chi connectivity index (χ3v) is 5.24. The van der Waals surface area contributed by atoms with Crippen molar-refractivity contribution in [2.45, 2.75) is 57.5 Å². The van der Waals surface area contributed by atoms with Crippen molar-refractivity contribution in [1.82, 2.24) is 15.5 Å². The van der Waals surface area contributed by atoms with Crippen LogP contribution in [0.1, 0.15) is 51.4 Å². The van der Waals surface area contributed by atoms with E-state index >= 15 is 0 Å². The van der Waals surface area contributed by atoms with Gasteiger partial charge in [-0.25, -0.2) is 4.99 Å². The summed E-state index contributed by atoms with van der Waals surface area (Å²) in [7, 11) is 3.51. The highest BCUT2D eigenvalue weighted by Gasteiger charge is 2.15. The fourth-order valence-corrected chi connectivity index (χ4v) is 3.47. The largest absolute Gasteiger partial charge is 0.379 e. The molecule has 1 saturated carbocycles. The third kappa shape index (κ3) is 10.8. The number of carbonyl (C=O) groups is 1. The molecular weight excluding hydrogens is 471 g/mol. The molecule has 1 amide bonds.